The highest BCUT2D eigenvalue weighted by Gasteiger charge is 2.16. The number of unbranched alkanes of at least 4 members (excludes halogenated alkanes) is 1. The van der Waals surface area contributed by atoms with E-state index in [0.717, 1.165) is 51.1 Å². The molecule has 5 heteroatoms. The molecule has 1 saturated heterocycles. The SMILES string of the molecule is Cc1cccc(N2CCN(CCCCNC(=O)CCc3cccc(F)c3)CC2)c1. The number of halogens is 1. The normalized spacial score (nSPS) is 14.8. The predicted octanol–water partition coefficient (Wildman–Crippen LogP) is 3.79. The van der Waals surface area contributed by atoms with Crippen molar-refractivity contribution >= 4 is 11.6 Å². The van der Waals surface area contributed by atoms with Gasteiger partial charge in [0.05, 0.1) is 0 Å². The van der Waals surface area contributed by atoms with E-state index in [9.17, 15) is 9.18 Å². The van der Waals surface area contributed by atoms with E-state index in [-0.39, 0.29) is 11.7 Å². The van der Waals surface area contributed by atoms with E-state index in [1.165, 1.54) is 23.4 Å². The Kier molecular flexibility index (Phi) is 8.05. The zero-order chi connectivity index (χ0) is 20.5. The average Bonchev–Trinajstić information content (AvgIpc) is 2.72. The van der Waals surface area contributed by atoms with E-state index in [1.807, 2.05) is 6.07 Å². The summed E-state index contributed by atoms with van der Waals surface area (Å²) in [6.45, 7) is 8.26. The van der Waals surface area contributed by atoms with Crippen LogP contribution in [0.4, 0.5) is 10.1 Å². The third kappa shape index (κ3) is 7.17. The summed E-state index contributed by atoms with van der Waals surface area (Å²) in [5.74, 6) is -0.205. The zero-order valence-corrected chi connectivity index (χ0v) is 17.4. The number of piperazine rings is 1. The van der Waals surface area contributed by atoms with Gasteiger partial charge in [-0.05, 0) is 68.1 Å². The van der Waals surface area contributed by atoms with Crippen LogP contribution in [-0.2, 0) is 11.2 Å². The molecule has 3 rings (SSSR count). The number of carbonyl (C=O) groups is 1. The molecule has 0 aliphatic carbocycles. The monoisotopic (exact) mass is 397 g/mol. The summed E-state index contributed by atoms with van der Waals surface area (Å²) in [6, 6.07) is 15.2. The molecule has 1 fully saturated rings. The standard InChI is InChI=1S/C24H32FN3O/c1-20-6-4-9-23(18-20)28-16-14-27(15-17-28)13-3-2-12-26-24(29)11-10-21-7-5-8-22(25)19-21/h4-9,18-19H,2-3,10-17H2,1H3,(H,26,29). The summed E-state index contributed by atoms with van der Waals surface area (Å²) in [7, 11) is 0. The van der Waals surface area contributed by atoms with Crippen LogP contribution in [0.2, 0.25) is 0 Å². The van der Waals surface area contributed by atoms with E-state index >= 15 is 0 Å². The molecule has 0 unspecified atom stereocenters. The molecule has 4 nitrogen and oxygen atoms in total. The lowest BCUT2D eigenvalue weighted by atomic mass is 10.1. The maximum atomic E-state index is 13.1. The highest BCUT2D eigenvalue weighted by molar-refractivity contribution is 5.76. The summed E-state index contributed by atoms with van der Waals surface area (Å²) in [5, 5.41) is 2.98. The second kappa shape index (κ2) is 11.0. The molecule has 0 spiro atoms. The zero-order valence-electron chi connectivity index (χ0n) is 17.4. The van der Waals surface area contributed by atoms with Crippen molar-refractivity contribution in [2.24, 2.45) is 0 Å². The number of aryl methyl sites for hydroxylation is 2. The number of nitrogens with one attached hydrogen (secondary N) is 1. The summed E-state index contributed by atoms with van der Waals surface area (Å²) in [4.78, 5) is 16.9. The molecule has 0 saturated carbocycles. The number of hydrogen-bond acceptors (Lipinski definition) is 3. The number of benzene rings is 2. The highest BCUT2D eigenvalue weighted by atomic mass is 19.1. The van der Waals surface area contributed by atoms with Gasteiger partial charge in [0.1, 0.15) is 5.82 Å². The fourth-order valence-corrected chi connectivity index (χ4v) is 3.78. The van der Waals surface area contributed by atoms with Crippen LogP contribution in [0.1, 0.15) is 30.4 Å². The van der Waals surface area contributed by atoms with Gasteiger partial charge in [-0.25, -0.2) is 4.39 Å². The molecule has 156 valence electrons. The van der Waals surface area contributed by atoms with Gasteiger partial charge in [0.2, 0.25) is 5.91 Å². The largest absolute Gasteiger partial charge is 0.369 e. The molecule has 1 aliphatic rings. The van der Waals surface area contributed by atoms with Gasteiger partial charge < -0.3 is 10.2 Å². The van der Waals surface area contributed by atoms with E-state index in [1.54, 1.807) is 6.07 Å². The Bertz CT molecular complexity index is 787. The maximum Gasteiger partial charge on any atom is 0.220 e. The number of nitrogens with zero attached hydrogens (tertiary/aromatic N) is 2. The van der Waals surface area contributed by atoms with Crippen molar-refractivity contribution in [3.05, 3.63) is 65.5 Å². The Morgan fingerprint density at radius 2 is 1.83 bits per heavy atom. The van der Waals surface area contributed by atoms with Crippen molar-refractivity contribution in [3.63, 3.8) is 0 Å². The maximum absolute atomic E-state index is 13.1. The van der Waals surface area contributed by atoms with Crippen LogP contribution in [0.5, 0.6) is 0 Å². The lowest BCUT2D eigenvalue weighted by Gasteiger charge is -2.36. The van der Waals surface area contributed by atoms with Gasteiger partial charge in [0.15, 0.2) is 0 Å². The third-order valence-electron chi connectivity index (χ3n) is 5.49. The molecule has 0 atom stereocenters. The molecule has 0 radical (unpaired) electrons. The van der Waals surface area contributed by atoms with Gasteiger partial charge in [0.25, 0.3) is 0 Å². The van der Waals surface area contributed by atoms with Crippen LogP contribution in [0.25, 0.3) is 0 Å². The summed E-state index contributed by atoms with van der Waals surface area (Å²) in [6.07, 6.45) is 3.07. The number of hydrogen-bond donors (Lipinski definition) is 1. The van der Waals surface area contributed by atoms with E-state index in [2.05, 4.69) is 46.3 Å². The fourth-order valence-electron chi connectivity index (χ4n) is 3.78. The second-order valence-corrected chi connectivity index (χ2v) is 7.85. The van der Waals surface area contributed by atoms with Gasteiger partial charge in [0, 0.05) is 44.8 Å². The van der Waals surface area contributed by atoms with Crippen LogP contribution in [0, 0.1) is 12.7 Å². The molecule has 0 aromatic heterocycles. The van der Waals surface area contributed by atoms with Crippen molar-refractivity contribution in [3.8, 4) is 0 Å². The average molecular weight is 398 g/mol. The fraction of sp³-hybridized carbons (Fsp3) is 0.458. The molecule has 29 heavy (non-hydrogen) atoms. The Hall–Kier alpha value is -2.40. The summed E-state index contributed by atoms with van der Waals surface area (Å²) < 4.78 is 13.1. The van der Waals surface area contributed by atoms with Crippen molar-refractivity contribution in [1.82, 2.24) is 10.2 Å². The molecule has 1 heterocycles. The smallest absolute Gasteiger partial charge is 0.220 e. The Balaban J connectivity index is 1.24. The molecular formula is C24H32FN3O. The van der Waals surface area contributed by atoms with Crippen molar-refractivity contribution in [1.29, 1.82) is 0 Å². The first-order valence-electron chi connectivity index (χ1n) is 10.7. The van der Waals surface area contributed by atoms with Crippen molar-refractivity contribution in [2.45, 2.75) is 32.6 Å². The molecular weight excluding hydrogens is 365 g/mol. The van der Waals surface area contributed by atoms with E-state index in [0.29, 0.717) is 19.4 Å². The molecule has 1 amide bonds. The van der Waals surface area contributed by atoms with E-state index < -0.39 is 0 Å². The molecule has 1 N–H and O–H groups in total. The van der Waals surface area contributed by atoms with Crippen LogP contribution < -0.4 is 10.2 Å². The lowest BCUT2D eigenvalue weighted by molar-refractivity contribution is -0.121. The highest BCUT2D eigenvalue weighted by Crippen LogP contribution is 2.17. The minimum atomic E-state index is -0.248. The first-order valence-corrected chi connectivity index (χ1v) is 10.7. The van der Waals surface area contributed by atoms with Crippen molar-refractivity contribution < 1.29 is 9.18 Å². The van der Waals surface area contributed by atoms with Gasteiger partial charge in [-0.2, -0.15) is 0 Å². The van der Waals surface area contributed by atoms with Gasteiger partial charge in [-0.15, -0.1) is 0 Å². The number of amides is 1. The summed E-state index contributed by atoms with van der Waals surface area (Å²) in [5.41, 5.74) is 3.50. The number of rotatable bonds is 9. The predicted molar refractivity (Wildman–Crippen MR) is 117 cm³/mol. The summed E-state index contributed by atoms with van der Waals surface area (Å²) >= 11 is 0. The van der Waals surface area contributed by atoms with Crippen molar-refractivity contribution in [2.75, 3.05) is 44.2 Å². The van der Waals surface area contributed by atoms with Gasteiger partial charge in [-0.3, -0.25) is 9.69 Å². The Morgan fingerprint density at radius 1 is 1.03 bits per heavy atom. The minimum Gasteiger partial charge on any atom is -0.369 e. The molecule has 2 aromatic rings. The van der Waals surface area contributed by atoms with Crippen LogP contribution >= 0.6 is 0 Å². The van der Waals surface area contributed by atoms with Crippen LogP contribution in [0.15, 0.2) is 48.5 Å². The second-order valence-electron chi connectivity index (χ2n) is 7.85. The first kappa shape index (κ1) is 21.3. The Labute approximate surface area is 173 Å². The third-order valence-corrected chi connectivity index (χ3v) is 5.49. The number of carbonyl (C=O) groups excluding carboxylic acids is 1. The van der Waals surface area contributed by atoms with E-state index in [4.69, 9.17) is 0 Å². The van der Waals surface area contributed by atoms with Crippen LogP contribution in [-0.4, -0.2) is 50.1 Å². The Morgan fingerprint density at radius 3 is 2.59 bits per heavy atom. The molecule has 1 aliphatic heterocycles. The van der Waals surface area contributed by atoms with Gasteiger partial charge >= 0.3 is 0 Å². The minimum absolute atomic E-state index is 0.0426. The topological polar surface area (TPSA) is 35.6 Å². The lowest BCUT2D eigenvalue weighted by Crippen LogP contribution is -2.46. The quantitative estimate of drug-likeness (QED) is 0.654. The first-order chi connectivity index (χ1) is 14.1. The molecule has 0 bridgehead atoms. The van der Waals surface area contributed by atoms with Gasteiger partial charge in [-0.1, -0.05) is 24.3 Å². The number of anilines is 1. The molecule has 2 aromatic carbocycles. The van der Waals surface area contributed by atoms with Crippen LogP contribution in [0.3, 0.4) is 0 Å².